The molecule has 0 unspecified atom stereocenters. The Bertz CT molecular complexity index is 326. The monoisotopic (exact) mass is 146 g/mol. The largest absolute Gasteiger partial charge is 0.257 e. The second-order valence-corrected chi connectivity index (χ2v) is 3.01. The first-order valence-corrected chi connectivity index (χ1v) is 3.75. The van der Waals surface area contributed by atoms with Gasteiger partial charge in [-0.3, -0.25) is 9.97 Å². The maximum atomic E-state index is 4.37. The van der Waals surface area contributed by atoms with E-state index in [0.29, 0.717) is 0 Å². The van der Waals surface area contributed by atoms with Gasteiger partial charge in [-0.05, 0) is 19.9 Å². The number of aromatic nitrogens is 2. The fourth-order valence-corrected chi connectivity index (χ4v) is 1.32. The molecule has 0 atom stereocenters. The summed E-state index contributed by atoms with van der Waals surface area (Å²) < 4.78 is 0. The molecule has 0 aliphatic heterocycles. The maximum Gasteiger partial charge on any atom is 0.0851 e. The van der Waals surface area contributed by atoms with Crippen molar-refractivity contribution in [3.05, 3.63) is 28.9 Å². The smallest absolute Gasteiger partial charge is 0.0851 e. The second-order valence-electron chi connectivity index (χ2n) is 3.01. The van der Waals surface area contributed by atoms with Gasteiger partial charge in [-0.2, -0.15) is 0 Å². The Balaban J connectivity index is 2.54. The number of allylic oxidation sites excluding steroid dienone is 1. The van der Waals surface area contributed by atoms with Crippen molar-refractivity contribution in [2.45, 2.75) is 20.3 Å². The van der Waals surface area contributed by atoms with Crippen molar-refractivity contribution in [3.8, 4) is 0 Å². The molecule has 0 aromatic carbocycles. The fourth-order valence-electron chi connectivity index (χ4n) is 1.32. The second kappa shape index (κ2) is 2.16. The molecule has 0 bridgehead atoms. The van der Waals surface area contributed by atoms with E-state index in [1.807, 2.05) is 13.1 Å². The third-order valence-electron chi connectivity index (χ3n) is 1.83. The molecule has 0 amide bonds. The Labute approximate surface area is 66.0 Å². The van der Waals surface area contributed by atoms with E-state index >= 15 is 0 Å². The van der Waals surface area contributed by atoms with Gasteiger partial charge in [0.25, 0.3) is 0 Å². The third kappa shape index (κ3) is 1.04. The lowest BCUT2D eigenvalue weighted by Gasteiger charge is -1.96. The van der Waals surface area contributed by atoms with Gasteiger partial charge in [-0.15, -0.1) is 0 Å². The van der Waals surface area contributed by atoms with Crippen LogP contribution < -0.4 is 0 Å². The average Bonchev–Trinajstić information content (AvgIpc) is 2.27. The van der Waals surface area contributed by atoms with Crippen molar-refractivity contribution < 1.29 is 0 Å². The van der Waals surface area contributed by atoms with Crippen LogP contribution in [0.5, 0.6) is 0 Å². The van der Waals surface area contributed by atoms with Gasteiger partial charge in [0.1, 0.15) is 0 Å². The highest BCUT2D eigenvalue weighted by Gasteiger charge is 2.11. The molecule has 0 spiro atoms. The molecule has 2 rings (SSSR count). The lowest BCUT2D eigenvalue weighted by molar-refractivity contribution is 1.01. The van der Waals surface area contributed by atoms with Crippen LogP contribution in [0.2, 0.25) is 0 Å². The number of hydrogen-bond acceptors (Lipinski definition) is 2. The molecule has 2 heteroatoms. The molecule has 1 aromatic rings. The molecule has 0 saturated carbocycles. The van der Waals surface area contributed by atoms with E-state index in [0.717, 1.165) is 23.5 Å². The quantitative estimate of drug-likeness (QED) is 0.557. The minimum atomic E-state index is 0.975. The van der Waals surface area contributed by atoms with Crippen LogP contribution in [0.3, 0.4) is 0 Å². The normalized spacial score (nSPS) is 14.5. The molecule has 0 radical (unpaired) electrons. The van der Waals surface area contributed by atoms with E-state index in [2.05, 4.69) is 23.0 Å². The first-order valence-electron chi connectivity index (χ1n) is 3.75. The lowest BCUT2D eigenvalue weighted by Crippen LogP contribution is -1.93. The summed E-state index contributed by atoms with van der Waals surface area (Å²) in [5.74, 6) is 0. The Morgan fingerprint density at radius 3 is 3.00 bits per heavy atom. The SMILES string of the molecule is CC1=Cc2nc(C)cnc2C1. The molecule has 11 heavy (non-hydrogen) atoms. The molecule has 0 N–H and O–H groups in total. The summed E-state index contributed by atoms with van der Waals surface area (Å²) >= 11 is 0. The molecule has 1 heterocycles. The zero-order valence-electron chi connectivity index (χ0n) is 6.76. The summed E-state index contributed by atoms with van der Waals surface area (Å²) in [6, 6.07) is 0. The zero-order valence-corrected chi connectivity index (χ0v) is 6.76. The predicted molar refractivity (Wildman–Crippen MR) is 44.1 cm³/mol. The highest BCUT2D eigenvalue weighted by molar-refractivity contribution is 5.57. The Kier molecular flexibility index (Phi) is 1.28. The van der Waals surface area contributed by atoms with Gasteiger partial charge in [-0.25, -0.2) is 0 Å². The average molecular weight is 146 g/mol. The summed E-state index contributed by atoms with van der Waals surface area (Å²) in [6.07, 6.45) is 4.91. The minimum absolute atomic E-state index is 0.975. The Morgan fingerprint density at radius 2 is 2.18 bits per heavy atom. The van der Waals surface area contributed by atoms with Crippen LogP contribution in [0.4, 0.5) is 0 Å². The molecular weight excluding hydrogens is 136 g/mol. The van der Waals surface area contributed by atoms with Crippen molar-refractivity contribution in [1.29, 1.82) is 0 Å². The minimum Gasteiger partial charge on any atom is -0.257 e. The van der Waals surface area contributed by atoms with Crippen LogP contribution in [0, 0.1) is 6.92 Å². The van der Waals surface area contributed by atoms with Crippen LogP contribution >= 0.6 is 0 Å². The summed E-state index contributed by atoms with van der Waals surface area (Å²) in [7, 11) is 0. The summed E-state index contributed by atoms with van der Waals surface area (Å²) in [6.45, 7) is 4.08. The van der Waals surface area contributed by atoms with Crippen molar-refractivity contribution in [3.63, 3.8) is 0 Å². The van der Waals surface area contributed by atoms with Gasteiger partial charge >= 0.3 is 0 Å². The topological polar surface area (TPSA) is 25.8 Å². The van der Waals surface area contributed by atoms with Crippen molar-refractivity contribution in [2.75, 3.05) is 0 Å². The van der Waals surface area contributed by atoms with Crippen molar-refractivity contribution in [2.24, 2.45) is 0 Å². The highest BCUT2D eigenvalue weighted by atomic mass is 14.8. The summed E-state index contributed by atoms with van der Waals surface area (Å²) in [5.41, 5.74) is 4.52. The van der Waals surface area contributed by atoms with Crippen LogP contribution in [-0.4, -0.2) is 9.97 Å². The molecule has 2 nitrogen and oxygen atoms in total. The molecular formula is C9H10N2. The Morgan fingerprint density at radius 1 is 1.36 bits per heavy atom. The molecule has 1 aromatic heterocycles. The van der Waals surface area contributed by atoms with Crippen LogP contribution in [0.15, 0.2) is 11.8 Å². The predicted octanol–water partition coefficient (Wildman–Crippen LogP) is 1.74. The third-order valence-corrected chi connectivity index (χ3v) is 1.83. The van der Waals surface area contributed by atoms with Gasteiger partial charge < -0.3 is 0 Å². The maximum absolute atomic E-state index is 4.37. The fraction of sp³-hybridized carbons (Fsp3) is 0.333. The van der Waals surface area contributed by atoms with Gasteiger partial charge in [-0.1, -0.05) is 5.57 Å². The van der Waals surface area contributed by atoms with E-state index in [1.54, 1.807) is 0 Å². The first-order chi connectivity index (χ1) is 5.25. The van der Waals surface area contributed by atoms with E-state index in [-0.39, 0.29) is 0 Å². The number of aryl methyl sites for hydroxylation is 1. The zero-order chi connectivity index (χ0) is 7.84. The number of hydrogen-bond donors (Lipinski definition) is 0. The van der Waals surface area contributed by atoms with Crippen LogP contribution in [0.1, 0.15) is 24.0 Å². The lowest BCUT2D eigenvalue weighted by atomic mass is 10.2. The van der Waals surface area contributed by atoms with E-state index < -0.39 is 0 Å². The van der Waals surface area contributed by atoms with E-state index in [4.69, 9.17) is 0 Å². The van der Waals surface area contributed by atoms with Crippen molar-refractivity contribution in [1.82, 2.24) is 9.97 Å². The van der Waals surface area contributed by atoms with Crippen LogP contribution in [-0.2, 0) is 6.42 Å². The summed E-state index contributed by atoms with van der Waals surface area (Å²) in [4.78, 5) is 8.66. The van der Waals surface area contributed by atoms with Gasteiger partial charge in [0.15, 0.2) is 0 Å². The summed E-state index contributed by atoms with van der Waals surface area (Å²) in [5, 5.41) is 0. The molecule has 0 fully saturated rings. The Hall–Kier alpha value is -1.18. The van der Waals surface area contributed by atoms with Gasteiger partial charge in [0.2, 0.25) is 0 Å². The number of nitrogens with zero attached hydrogens (tertiary/aromatic N) is 2. The first kappa shape index (κ1) is 6.53. The standard InChI is InChI=1S/C9H10N2/c1-6-3-8-9(4-6)11-7(2)5-10-8/h4-5H,3H2,1-2H3. The van der Waals surface area contributed by atoms with E-state index in [1.165, 1.54) is 5.57 Å². The van der Waals surface area contributed by atoms with Gasteiger partial charge in [0.05, 0.1) is 17.1 Å². The molecule has 56 valence electrons. The highest BCUT2D eigenvalue weighted by Crippen LogP contribution is 2.20. The molecule has 1 aliphatic rings. The van der Waals surface area contributed by atoms with E-state index in [9.17, 15) is 0 Å². The molecule has 0 saturated heterocycles. The van der Waals surface area contributed by atoms with Gasteiger partial charge in [0, 0.05) is 12.6 Å². The van der Waals surface area contributed by atoms with Crippen LogP contribution in [0.25, 0.3) is 6.08 Å². The molecule has 1 aliphatic carbocycles. The number of fused-ring (bicyclic) bond motifs is 1. The number of rotatable bonds is 0. The van der Waals surface area contributed by atoms with Crippen molar-refractivity contribution >= 4 is 6.08 Å².